The van der Waals surface area contributed by atoms with Crippen molar-refractivity contribution in [1.29, 1.82) is 0 Å². The molecule has 1 heterocycles. The summed E-state index contributed by atoms with van der Waals surface area (Å²) in [5, 5.41) is 2.85. The molecule has 84 valence electrons. The molecule has 1 aliphatic heterocycles. The number of anilines is 1. The molecule has 0 aliphatic carbocycles. The molecule has 0 fully saturated rings. The van der Waals surface area contributed by atoms with Crippen molar-refractivity contribution in [3.63, 3.8) is 0 Å². The highest BCUT2D eigenvalue weighted by Gasteiger charge is 2.28. The van der Waals surface area contributed by atoms with Crippen molar-refractivity contribution in [2.24, 2.45) is 5.73 Å². The van der Waals surface area contributed by atoms with Gasteiger partial charge in [0.15, 0.2) is 0 Å². The Labute approximate surface area is 99.3 Å². The van der Waals surface area contributed by atoms with Crippen LogP contribution in [-0.4, -0.2) is 5.91 Å². The predicted octanol–water partition coefficient (Wildman–Crippen LogP) is 2.31. The van der Waals surface area contributed by atoms with E-state index in [-0.39, 0.29) is 5.91 Å². The van der Waals surface area contributed by atoms with Gasteiger partial charge < -0.3 is 11.1 Å². The molecule has 3 nitrogen and oxygen atoms in total. The summed E-state index contributed by atoms with van der Waals surface area (Å²) in [6.45, 7) is 0. The second kappa shape index (κ2) is 3.71. The lowest BCUT2D eigenvalue weighted by Gasteiger charge is -2.08. The molecule has 0 saturated heterocycles. The Morgan fingerprint density at radius 3 is 2.53 bits per heavy atom. The molecule has 3 N–H and O–H groups in total. The molecule has 2 aromatic carbocycles. The van der Waals surface area contributed by atoms with Gasteiger partial charge in [-0.25, -0.2) is 0 Å². The van der Waals surface area contributed by atoms with Crippen molar-refractivity contribution in [1.82, 2.24) is 0 Å². The Hall–Kier alpha value is -2.13. The van der Waals surface area contributed by atoms with E-state index in [0.717, 1.165) is 22.4 Å². The summed E-state index contributed by atoms with van der Waals surface area (Å²) in [6.07, 6.45) is 0. The minimum absolute atomic E-state index is 0.136. The maximum atomic E-state index is 11.6. The van der Waals surface area contributed by atoms with Crippen LogP contribution in [0.5, 0.6) is 0 Å². The van der Waals surface area contributed by atoms with E-state index in [0.29, 0.717) is 0 Å². The van der Waals surface area contributed by atoms with Gasteiger partial charge in [-0.15, -0.1) is 0 Å². The number of carbonyl (C=O) groups is 1. The van der Waals surface area contributed by atoms with Crippen LogP contribution >= 0.6 is 0 Å². The predicted molar refractivity (Wildman–Crippen MR) is 67.4 cm³/mol. The largest absolute Gasteiger partial charge is 0.324 e. The van der Waals surface area contributed by atoms with E-state index < -0.39 is 6.04 Å². The van der Waals surface area contributed by atoms with Crippen LogP contribution in [0.15, 0.2) is 48.5 Å². The van der Waals surface area contributed by atoms with Crippen LogP contribution in [0.1, 0.15) is 11.6 Å². The van der Waals surface area contributed by atoms with Crippen molar-refractivity contribution >= 4 is 11.6 Å². The van der Waals surface area contributed by atoms with Crippen LogP contribution in [0.25, 0.3) is 11.1 Å². The van der Waals surface area contributed by atoms with Crippen molar-refractivity contribution in [2.75, 3.05) is 5.32 Å². The number of fused-ring (bicyclic) bond motifs is 1. The normalized spacial score (nSPS) is 17.7. The summed E-state index contributed by atoms with van der Waals surface area (Å²) in [5.41, 5.74) is 9.64. The first-order valence-corrected chi connectivity index (χ1v) is 5.52. The molecule has 1 unspecified atom stereocenters. The number of hydrogen-bond donors (Lipinski definition) is 2. The second-order valence-corrected chi connectivity index (χ2v) is 4.10. The molecular formula is C14H12N2O. The number of carbonyl (C=O) groups excluding carboxylic acids is 1. The van der Waals surface area contributed by atoms with Crippen LogP contribution < -0.4 is 11.1 Å². The van der Waals surface area contributed by atoms with Gasteiger partial charge in [0.05, 0.1) is 5.69 Å². The highest BCUT2D eigenvalue weighted by Crippen LogP contribution is 2.37. The lowest BCUT2D eigenvalue weighted by Crippen LogP contribution is -2.19. The van der Waals surface area contributed by atoms with E-state index in [1.165, 1.54) is 0 Å². The number of nitrogens with two attached hydrogens (primary N) is 1. The molecule has 1 amide bonds. The third kappa shape index (κ3) is 1.52. The standard InChI is InChI=1S/C14H12N2O/c15-12-11-8-4-7-10(13(11)16-14(12)17)9-5-2-1-3-6-9/h1-8,12H,15H2,(H,16,17). The van der Waals surface area contributed by atoms with Gasteiger partial charge in [-0.3, -0.25) is 4.79 Å². The average molecular weight is 224 g/mol. The van der Waals surface area contributed by atoms with E-state index >= 15 is 0 Å². The number of benzene rings is 2. The molecule has 0 spiro atoms. The van der Waals surface area contributed by atoms with E-state index in [1.807, 2.05) is 48.5 Å². The van der Waals surface area contributed by atoms with Gasteiger partial charge in [-0.05, 0) is 5.56 Å². The van der Waals surface area contributed by atoms with Crippen LogP contribution in [0.3, 0.4) is 0 Å². The highest BCUT2D eigenvalue weighted by atomic mass is 16.2. The van der Waals surface area contributed by atoms with Crippen LogP contribution in [0.4, 0.5) is 5.69 Å². The number of amides is 1. The monoisotopic (exact) mass is 224 g/mol. The molecule has 0 aromatic heterocycles. The molecule has 3 rings (SSSR count). The summed E-state index contributed by atoms with van der Waals surface area (Å²) < 4.78 is 0. The van der Waals surface area contributed by atoms with Crippen molar-refractivity contribution in [3.05, 3.63) is 54.1 Å². The molecule has 2 aromatic rings. The second-order valence-electron chi connectivity index (χ2n) is 4.10. The molecule has 1 aliphatic rings. The van der Waals surface area contributed by atoms with Crippen LogP contribution in [0.2, 0.25) is 0 Å². The van der Waals surface area contributed by atoms with Crippen LogP contribution in [0, 0.1) is 0 Å². The molecule has 0 saturated carbocycles. The first-order chi connectivity index (χ1) is 8.27. The third-order valence-electron chi connectivity index (χ3n) is 3.05. The van der Waals surface area contributed by atoms with Gasteiger partial charge in [-0.2, -0.15) is 0 Å². The van der Waals surface area contributed by atoms with E-state index in [4.69, 9.17) is 5.73 Å². The zero-order valence-electron chi connectivity index (χ0n) is 9.18. The van der Waals surface area contributed by atoms with Gasteiger partial charge in [0.25, 0.3) is 0 Å². The number of rotatable bonds is 1. The van der Waals surface area contributed by atoms with Gasteiger partial charge in [0.2, 0.25) is 5.91 Å². The van der Waals surface area contributed by atoms with Gasteiger partial charge >= 0.3 is 0 Å². The molecule has 3 heteroatoms. The van der Waals surface area contributed by atoms with Crippen LogP contribution in [-0.2, 0) is 4.79 Å². The topological polar surface area (TPSA) is 55.1 Å². The Morgan fingerprint density at radius 2 is 1.76 bits per heavy atom. The Morgan fingerprint density at radius 1 is 1.00 bits per heavy atom. The number of nitrogens with one attached hydrogen (secondary N) is 1. The highest BCUT2D eigenvalue weighted by molar-refractivity contribution is 6.06. The summed E-state index contributed by atoms with van der Waals surface area (Å²) in [4.78, 5) is 11.6. The molecule has 0 radical (unpaired) electrons. The maximum Gasteiger partial charge on any atom is 0.245 e. The Bertz CT molecular complexity index is 578. The zero-order chi connectivity index (χ0) is 11.8. The minimum atomic E-state index is -0.548. The fraction of sp³-hybridized carbons (Fsp3) is 0.0714. The third-order valence-corrected chi connectivity index (χ3v) is 3.05. The van der Waals surface area contributed by atoms with Crippen molar-refractivity contribution in [2.45, 2.75) is 6.04 Å². The van der Waals surface area contributed by atoms with E-state index in [9.17, 15) is 4.79 Å². The number of hydrogen-bond acceptors (Lipinski definition) is 2. The average Bonchev–Trinajstić information content (AvgIpc) is 2.67. The molecule has 17 heavy (non-hydrogen) atoms. The fourth-order valence-corrected chi connectivity index (χ4v) is 2.17. The minimum Gasteiger partial charge on any atom is -0.324 e. The summed E-state index contributed by atoms with van der Waals surface area (Å²) in [5.74, 6) is -0.136. The smallest absolute Gasteiger partial charge is 0.245 e. The van der Waals surface area contributed by atoms with Crippen molar-refractivity contribution < 1.29 is 4.79 Å². The quantitative estimate of drug-likeness (QED) is 0.781. The first kappa shape index (κ1) is 10.1. The van der Waals surface area contributed by atoms with E-state index in [2.05, 4.69) is 5.32 Å². The Kier molecular flexibility index (Phi) is 2.20. The Balaban J connectivity index is 2.19. The lowest BCUT2D eigenvalue weighted by molar-refractivity contribution is -0.116. The summed E-state index contributed by atoms with van der Waals surface area (Å²) in [6, 6.07) is 15.2. The van der Waals surface area contributed by atoms with E-state index in [1.54, 1.807) is 0 Å². The molecule has 0 bridgehead atoms. The zero-order valence-corrected chi connectivity index (χ0v) is 9.18. The number of para-hydroxylation sites is 1. The molecule has 1 atom stereocenters. The SMILES string of the molecule is NC1C(=O)Nc2c(-c3ccccc3)cccc21. The van der Waals surface area contributed by atoms with Gasteiger partial charge in [-0.1, -0.05) is 48.5 Å². The molecular weight excluding hydrogens is 212 g/mol. The van der Waals surface area contributed by atoms with Crippen molar-refractivity contribution in [3.8, 4) is 11.1 Å². The lowest BCUT2D eigenvalue weighted by atomic mass is 9.99. The maximum absolute atomic E-state index is 11.6. The van der Waals surface area contributed by atoms with Gasteiger partial charge in [0, 0.05) is 11.1 Å². The van der Waals surface area contributed by atoms with Gasteiger partial charge in [0.1, 0.15) is 6.04 Å². The first-order valence-electron chi connectivity index (χ1n) is 5.52. The summed E-state index contributed by atoms with van der Waals surface area (Å²) >= 11 is 0. The fourth-order valence-electron chi connectivity index (χ4n) is 2.17. The summed E-state index contributed by atoms with van der Waals surface area (Å²) in [7, 11) is 0.